The van der Waals surface area contributed by atoms with Crippen molar-refractivity contribution in [3.8, 4) is 5.75 Å². The van der Waals surface area contributed by atoms with E-state index in [2.05, 4.69) is 28.4 Å². The first-order valence-corrected chi connectivity index (χ1v) is 8.44. The normalized spacial score (nSPS) is 17.2. The van der Waals surface area contributed by atoms with E-state index in [1.807, 2.05) is 44.3 Å². The fourth-order valence-corrected chi connectivity index (χ4v) is 3.19. The molecule has 1 N–H and O–H groups in total. The third kappa shape index (κ3) is 3.60. The molecular formula is C20H24N2O2. The lowest BCUT2D eigenvalue weighted by Gasteiger charge is -2.33. The third-order valence-corrected chi connectivity index (χ3v) is 4.51. The molecule has 1 aliphatic rings. The molecule has 0 aromatic heterocycles. The lowest BCUT2D eigenvalue weighted by Crippen LogP contribution is -2.48. The van der Waals surface area contributed by atoms with Gasteiger partial charge in [0.2, 0.25) is 5.91 Å². The van der Waals surface area contributed by atoms with Crippen molar-refractivity contribution in [3.05, 3.63) is 65.2 Å². The minimum atomic E-state index is -0.126. The molecule has 0 aliphatic carbocycles. The molecule has 4 heteroatoms. The van der Waals surface area contributed by atoms with E-state index >= 15 is 0 Å². The zero-order valence-corrected chi connectivity index (χ0v) is 14.3. The van der Waals surface area contributed by atoms with Gasteiger partial charge in [-0.05, 0) is 37.6 Å². The Labute approximate surface area is 143 Å². The van der Waals surface area contributed by atoms with Crippen LogP contribution in [0, 0.1) is 0 Å². The highest BCUT2D eigenvalue weighted by atomic mass is 16.5. The van der Waals surface area contributed by atoms with Crippen molar-refractivity contribution in [3.63, 3.8) is 0 Å². The molecule has 1 heterocycles. The second-order valence-electron chi connectivity index (χ2n) is 6.16. The maximum Gasteiger partial charge on any atom is 0.237 e. The van der Waals surface area contributed by atoms with Crippen LogP contribution in [0.5, 0.6) is 5.75 Å². The quantitative estimate of drug-likeness (QED) is 0.919. The van der Waals surface area contributed by atoms with E-state index in [1.54, 1.807) is 0 Å². The lowest BCUT2D eigenvalue weighted by atomic mass is 9.94. The summed E-state index contributed by atoms with van der Waals surface area (Å²) in [6.07, 6.45) is 0.756. The van der Waals surface area contributed by atoms with Crippen LogP contribution in [0.15, 0.2) is 48.5 Å². The topological polar surface area (TPSA) is 41.6 Å². The second kappa shape index (κ2) is 7.49. The van der Waals surface area contributed by atoms with Gasteiger partial charge in [0.1, 0.15) is 5.75 Å². The number of amides is 1. The SMILES string of the molecule is CCOc1ccccc1CNC(=O)[C@H]1Cc2ccccc2CN1C. The fraction of sp³-hybridized carbons (Fsp3) is 0.350. The van der Waals surface area contributed by atoms with Crippen LogP contribution in [0.2, 0.25) is 0 Å². The number of nitrogens with zero attached hydrogens (tertiary/aromatic N) is 1. The predicted octanol–water partition coefficient (Wildman–Crippen LogP) is 2.76. The van der Waals surface area contributed by atoms with E-state index in [0.717, 1.165) is 24.3 Å². The van der Waals surface area contributed by atoms with Crippen LogP contribution in [0.25, 0.3) is 0 Å². The minimum Gasteiger partial charge on any atom is -0.494 e. The summed E-state index contributed by atoms with van der Waals surface area (Å²) >= 11 is 0. The molecule has 2 aromatic rings. The average molecular weight is 324 g/mol. The van der Waals surface area contributed by atoms with Crippen LogP contribution in [-0.2, 0) is 24.3 Å². The van der Waals surface area contributed by atoms with Gasteiger partial charge in [-0.1, -0.05) is 42.5 Å². The summed E-state index contributed by atoms with van der Waals surface area (Å²) in [5, 5.41) is 3.07. The van der Waals surface area contributed by atoms with E-state index in [-0.39, 0.29) is 11.9 Å². The highest BCUT2D eigenvalue weighted by Crippen LogP contribution is 2.22. The molecule has 0 saturated carbocycles. The highest BCUT2D eigenvalue weighted by molar-refractivity contribution is 5.82. The van der Waals surface area contributed by atoms with Crippen LogP contribution in [0.3, 0.4) is 0 Å². The molecule has 126 valence electrons. The fourth-order valence-electron chi connectivity index (χ4n) is 3.19. The Morgan fingerprint density at radius 2 is 1.88 bits per heavy atom. The Balaban J connectivity index is 1.66. The smallest absolute Gasteiger partial charge is 0.237 e. The number of likely N-dealkylation sites (N-methyl/N-ethyl adjacent to an activating group) is 1. The monoisotopic (exact) mass is 324 g/mol. The predicted molar refractivity (Wildman–Crippen MR) is 94.9 cm³/mol. The van der Waals surface area contributed by atoms with Crippen molar-refractivity contribution in [2.75, 3.05) is 13.7 Å². The summed E-state index contributed by atoms with van der Waals surface area (Å²) in [5.41, 5.74) is 3.59. The summed E-state index contributed by atoms with van der Waals surface area (Å²) in [5.74, 6) is 0.904. The molecule has 0 bridgehead atoms. The molecule has 0 fully saturated rings. The summed E-state index contributed by atoms with van der Waals surface area (Å²) in [6, 6.07) is 16.1. The molecular weight excluding hydrogens is 300 g/mol. The van der Waals surface area contributed by atoms with E-state index in [9.17, 15) is 4.79 Å². The van der Waals surface area contributed by atoms with E-state index in [1.165, 1.54) is 11.1 Å². The number of hydrogen-bond donors (Lipinski definition) is 1. The number of hydrogen-bond acceptors (Lipinski definition) is 3. The molecule has 1 aliphatic heterocycles. The second-order valence-corrected chi connectivity index (χ2v) is 6.16. The van der Waals surface area contributed by atoms with Crippen molar-refractivity contribution >= 4 is 5.91 Å². The van der Waals surface area contributed by atoms with Gasteiger partial charge in [0.25, 0.3) is 0 Å². The highest BCUT2D eigenvalue weighted by Gasteiger charge is 2.28. The van der Waals surface area contributed by atoms with Gasteiger partial charge in [0, 0.05) is 18.7 Å². The van der Waals surface area contributed by atoms with Crippen molar-refractivity contribution in [1.82, 2.24) is 10.2 Å². The van der Waals surface area contributed by atoms with Gasteiger partial charge >= 0.3 is 0 Å². The number of para-hydroxylation sites is 1. The Morgan fingerprint density at radius 1 is 1.17 bits per heavy atom. The summed E-state index contributed by atoms with van der Waals surface area (Å²) in [4.78, 5) is 14.8. The number of carbonyl (C=O) groups is 1. The molecule has 0 radical (unpaired) electrons. The molecule has 0 saturated heterocycles. The number of fused-ring (bicyclic) bond motifs is 1. The molecule has 0 unspecified atom stereocenters. The Morgan fingerprint density at radius 3 is 2.67 bits per heavy atom. The average Bonchev–Trinajstić information content (AvgIpc) is 2.60. The maximum atomic E-state index is 12.7. The number of rotatable bonds is 5. The van der Waals surface area contributed by atoms with Gasteiger partial charge in [-0.25, -0.2) is 0 Å². The molecule has 24 heavy (non-hydrogen) atoms. The lowest BCUT2D eigenvalue weighted by molar-refractivity contribution is -0.126. The summed E-state index contributed by atoms with van der Waals surface area (Å²) < 4.78 is 5.62. The first-order chi connectivity index (χ1) is 11.7. The number of carbonyl (C=O) groups excluding carboxylic acids is 1. The zero-order valence-electron chi connectivity index (χ0n) is 14.3. The van der Waals surface area contributed by atoms with Crippen molar-refractivity contribution in [1.29, 1.82) is 0 Å². The number of nitrogens with one attached hydrogen (secondary N) is 1. The number of ether oxygens (including phenoxy) is 1. The van der Waals surface area contributed by atoms with Crippen molar-refractivity contribution in [2.45, 2.75) is 32.5 Å². The van der Waals surface area contributed by atoms with Crippen LogP contribution in [0.4, 0.5) is 0 Å². The van der Waals surface area contributed by atoms with Gasteiger partial charge in [-0.3, -0.25) is 9.69 Å². The van der Waals surface area contributed by atoms with Crippen LogP contribution in [-0.4, -0.2) is 30.5 Å². The molecule has 4 nitrogen and oxygen atoms in total. The molecule has 1 amide bonds. The molecule has 1 atom stereocenters. The van der Waals surface area contributed by atoms with Crippen LogP contribution in [0.1, 0.15) is 23.6 Å². The zero-order chi connectivity index (χ0) is 16.9. The Bertz CT molecular complexity index is 714. The molecule has 0 spiro atoms. The maximum absolute atomic E-state index is 12.7. The minimum absolute atomic E-state index is 0.0679. The van der Waals surface area contributed by atoms with Gasteiger partial charge in [-0.15, -0.1) is 0 Å². The van der Waals surface area contributed by atoms with Gasteiger partial charge in [-0.2, -0.15) is 0 Å². The van der Waals surface area contributed by atoms with E-state index in [4.69, 9.17) is 4.74 Å². The first kappa shape index (κ1) is 16.5. The van der Waals surface area contributed by atoms with Gasteiger partial charge < -0.3 is 10.1 Å². The molecule has 3 rings (SSSR count). The van der Waals surface area contributed by atoms with Gasteiger partial charge in [0.05, 0.1) is 12.6 Å². The number of benzene rings is 2. The van der Waals surface area contributed by atoms with E-state index < -0.39 is 0 Å². The van der Waals surface area contributed by atoms with Crippen molar-refractivity contribution < 1.29 is 9.53 Å². The summed E-state index contributed by atoms with van der Waals surface area (Å²) in [6.45, 7) is 3.88. The standard InChI is InChI=1S/C20H24N2O2/c1-3-24-19-11-7-6-9-16(19)13-21-20(23)18-12-15-8-4-5-10-17(15)14-22(18)2/h4-11,18H,3,12-14H2,1-2H3,(H,21,23)/t18-/m1/s1. The first-order valence-electron chi connectivity index (χ1n) is 8.44. The van der Waals surface area contributed by atoms with Crippen molar-refractivity contribution in [2.24, 2.45) is 0 Å². The van der Waals surface area contributed by atoms with Crippen LogP contribution >= 0.6 is 0 Å². The third-order valence-electron chi connectivity index (χ3n) is 4.51. The molecule has 2 aromatic carbocycles. The summed E-state index contributed by atoms with van der Waals surface area (Å²) in [7, 11) is 2.01. The van der Waals surface area contributed by atoms with Crippen LogP contribution < -0.4 is 10.1 Å². The Kier molecular flexibility index (Phi) is 5.16. The van der Waals surface area contributed by atoms with E-state index in [0.29, 0.717) is 13.2 Å². The van der Waals surface area contributed by atoms with Gasteiger partial charge in [0.15, 0.2) is 0 Å². The Hall–Kier alpha value is -2.33. The largest absolute Gasteiger partial charge is 0.494 e.